The summed E-state index contributed by atoms with van der Waals surface area (Å²) in [6.45, 7) is 0. The van der Waals surface area contributed by atoms with Gasteiger partial charge in [-0.05, 0) is 29.7 Å². The van der Waals surface area contributed by atoms with Gasteiger partial charge in [-0.25, -0.2) is 17.2 Å². The van der Waals surface area contributed by atoms with Crippen LogP contribution in [0.3, 0.4) is 0 Å². The molecule has 27 heavy (non-hydrogen) atoms. The van der Waals surface area contributed by atoms with Crippen LogP contribution in [0.15, 0.2) is 47.4 Å². The fourth-order valence-corrected chi connectivity index (χ4v) is 3.55. The summed E-state index contributed by atoms with van der Waals surface area (Å²) < 4.78 is 52.9. The Labute approximate surface area is 153 Å². The minimum Gasteiger partial charge on any atom is -0.481 e. The van der Waals surface area contributed by atoms with Crippen molar-refractivity contribution in [3.63, 3.8) is 0 Å². The smallest absolute Gasteiger partial charge is 0.322 e. The number of sulfonamides is 1. The second-order valence-electron chi connectivity index (χ2n) is 5.71. The van der Waals surface area contributed by atoms with E-state index in [4.69, 9.17) is 5.11 Å². The Morgan fingerprint density at radius 1 is 0.963 bits per heavy atom. The summed E-state index contributed by atoms with van der Waals surface area (Å²) in [5, 5.41) is 18.0. The average Bonchev–Trinajstić information content (AvgIpc) is 2.54. The molecule has 0 aromatic heterocycles. The molecule has 0 aliphatic heterocycles. The number of halogens is 2. The standard InChI is InChI=1S/C17H15F2NO6S/c18-12-7-13(19)9-14(8-12)27(25,26)20-15(17(23)24)5-10-1-3-11(4-2-10)6-16(21)22/h1-4,7-9,15,20H,5-6H2,(H,21,22)(H,23,24). The molecule has 7 nitrogen and oxygen atoms in total. The maximum Gasteiger partial charge on any atom is 0.322 e. The van der Waals surface area contributed by atoms with Crippen LogP contribution in [0.1, 0.15) is 11.1 Å². The molecular formula is C17H15F2NO6S. The zero-order chi connectivity index (χ0) is 20.2. The van der Waals surface area contributed by atoms with Gasteiger partial charge in [0.2, 0.25) is 10.0 Å². The van der Waals surface area contributed by atoms with E-state index in [-0.39, 0.29) is 12.8 Å². The van der Waals surface area contributed by atoms with Gasteiger partial charge in [0.05, 0.1) is 11.3 Å². The lowest BCUT2D eigenvalue weighted by atomic mass is 10.0. The lowest BCUT2D eigenvalue weighted by Gasteiger charge is -2.15. The van der Waals surface area contributed by atoms with Crippen LogP contribution in [0.2, 0.25) is 0 Å². The van der Waals surface area contributed by atoms with Crippen molar-refractivity contribution in [3.8, 4) is 0 Å². The maximum atomic E-state index is 13.2. The summed E-state index contributed by atoms with van der Waals surface area (Å²) in [6, 6.07) is 5.97. The second kappa shape index (κ2) is 8.23. The Bertz CT molecular complexity index is 940. The lowest BCUT2D eigenvalue weighted by molar-refractivity contribution is -0.139. The van der Waals surface area contributed by atoms with Gasteiger partial charge >= 0.3 is 11.9 Å². The summed E-state index contributed by atoms with van der Waals surface area (Å²) in [7, 11) is -4.48. The highest BCUT2D eigenvalue weighted by Crippen LogP contribution is 2.15. The van der Waals surface area contributed by atoms with Crippen molar-refractivity contribution in [2.75, 3.05) is 0 Å². The highest BCUT2D eigenvalue weighted by Gasteiger charge is 2.26. The maximum absolute atomic E-state index is 13.2. The highest BCUT2D eigenvalue weighted by molar-refractivity contribution is 7.89. The molecule has 0 heterocycles. The minimum absolute atomic E-state index is 0.208. The van der Waals surface area contributed by atoms with E-state index in [9.17, 15) is 31.9 Å². The van der Waals surface area contributed by atoms with Gasteiger partial charge in [-0.3, -0.25) is 9.59 Å². The molecule has 10 heteroatoms. The van der Waals surface area contributed by atoms with Gasteiger partial charge in [-0.1, -0.05) is 24.3 Å². The van der Waals surface area contributed by atoms with Crippen molar-refractivity contribution in [2.45, 2.75) is 23.8 Å². The van der Waals surface area contributed by atoms with E-state index in [2.05, 4.69) is 0 Å². The van der Waals surface area contributed by atoms with Gasteiger partial charge in [-0.15, -0.1) is 0 Å². The van der Waals surface area contributed by atoms with Gasteiger partial charge < -0.3 is 10.2 Å². The topological polar surface area (TPSA) is 121 Å². The monoisotopic (exact) mass is 399 g/mol. The van der Waals surface area contributed by atoms with E-state index < -0.39 is 44.5 Å². The molecule has 0 spiro atoms. The van der Waals surface area contributed by atoms with E-state index in [1.54, 1.807) is 0 Å². The fraction of sp³-hybridized carbons (Fsp3) is 0.176. The van der Waals surface area contributed by atoms with E-state index in [0.717, 1.165) is 0 Å². The van der Waals surface area contributed by atoms with Crippen LogP contribution in [0.25, 0.3) is 0 Å². The van der Waals surface area contributed by atoms with Crippen LogP contribution in [-0.4, -0.2) is 36.6 Å². The molecule has 1 atom stereocenters. The van der Waals surface area contributed by atoms with Crippen molar-refractivity contribution in [1.29, 1.82) is 0 Å². The molecule has 0 radical (unpaired) electrons. The molecule has 0 fully saturated rings. The van der Waals surface area contributed by atoms with Crippen molar-refractivity contribution in [1.82, 2.24) is 4.72 Å². The molecule has 0 saturated carbocycles. The first-order chi connectivity index (χ1) is 12.6. The Kier molecular flexibility index (Phi) is 6.24. The Morgan fingerprint density at radius 2 is 1.48 bits per heavy atom. The van der Waals surface area contributed by atoms with Crippen LogP contribution in [0, 0.1) is 11.6 Å². The first kappa shape index (κ1) is 20.5. The Morgan fingerprint density at radius 3 is 1.96 bits per heavy atom. The van der Waals surface area contributed by atoms with E-state index >= 15 is 0 Å². The zero-order valence-electron chi connectivity index (χ0n) is 13.7. The third-order valence-corrected chi connectivity index (χ3v) is 5.01. The molecule has 2 rings (SSSR count). The summed E-state index contributed by atoms with van der Waals surface area (Å²) >= 11 is 0. The number of carboxylic acid groups (broad SMARTS) is 2. The number of hydrogen-bond acceptors (Lipinski definition) is 4. The van der Waals surface area contributed by atoms with Crippen molar-refractivity contribution < 1.29 is 37.0 Å². The summed E-state index contributed by atoms with van der Waals surface area (Å²) in [5.74, 6) is -4.74. The summed E-state index contributed by atoms with van der Waals surface area (Å²) in [4.78, 5) is 21.3. The van der Waals surface area contributed by atoms with Crippen LogP contribution < -0.4 is 4.72 Å². The predicted octanol–water partition coefficient (Wildman–Crippen LogP) is 1.57. The molecule has 0 aliphatic rings. The van der Waals surface area contributed by atoms with Crippen LogP contribution >= 0.6 is 0 Å². The van der Waals surface area contributed by atoms with E-state index in [1.807, 2.05) is 4.72 Å². The van der Waals surface area contributed by atoms with Gasteiger partial charge in [0, 0.05) is 6.07 Å². The Balaban J connectivity index is 2.20. The molecule has 3 N–H and O–H groups in total. The molecule has 2 aromatic carbocycles. The molecule has 0 aliphatic carbocycles. The number of nitrogens with one attached hydrogen (secondary N) is 1. The summed E-state index contributed by atoms with van der Waals surface area (Å²) in [5.41, 5.74) is 0.929. The second-order valence-corrected chi connectivity index (χ2v) is 7.42. The lowest BCUT2D eigenvalue weighted by Crippen LogP contribution is -2.42. The Hall–Kier alpha value is -2.85. The number of carbonyl (C=O) groups is 2. The van der Waals surface area contributed by atoms with Gasteiger partial charge in [-0.2, -0.15) is 4.72 Å². The third kappa shape index (κ3) is 5.83. The first-order valence-electron chi connectivity index (χ1n) is 7.57. The van der Waals surface area contributed by atoms with E-state index in [1.165, 1.54) is 24.3 Å². The fourth-order valence-electron chi connectivity index (χ4n) is 2.32. The van der Waals surface area contributed by atoms with Gasteiger partial charge in [0.25, 0.3) is 0 Å². The minimum atomic E-state index is -4.48. The molecule has 144 valence electrons. The molecular weight excluding hydrogens is 384 g/mol. The molecule has 0 saturated heterocycles. The van der Waals surface area contributed by atoms with Crippen molar-refractivity contribution in [3.05, 3.63) is 65.2 Å². The normalized spacial score (nSPS) is 12.5. The molecule has 0 bridgehead atoms. The zero-order valence-corrected chi connectivity index (χ0v) is 14.5. The van der Waals surface area contributed by atoms with E-state index in [0.29, 0.717) is 29.3 Å². The number of rotatable bonds is 8. The quantitative estimate of drug-likeness (QED) is 0.620. The van der Waals surface area contributed by atoms with Crippen molar-refractivity contribution >= 4 is 22.0 Å². The van der Waals surface area contributed by atoms with Crippen LogP contribution in [0.5, 0.6) is 0 Å². The van der Waals surface area contributed by atoms with Gasteiger partial charge in [0.1, 0.15) is 17.7 Å². The molecule has 1 unspecified atom stereocenters. The van der Waals surface area contributed by atoms with Crippen molar-refractivity contribution in [2.24, 2.45) is 0 Å². The third-order valence-electron chi connectivity index (χ3n) is 3.56. The first-order valence-corrected chi connectivity index (χ1v) is 9.06. The van der Waals surface area contributed by atoms with Crippen LogP contribution in [0.4, 0.5) is 8.78 Å². The number of hydrogen-bond donors (Lipinski definition) is 3. The highest BCUT2D eigenvalue weighted by atomic mass is 32.2. The van der Waals surface area contributed by atoms with Crippen LogP contribution in [-0.2, 0) is 32.5 Å². The molecule has 2 aromatic rings. The average molecular weight is 399 g/mol. The number of aliphatic carboxylic acids is 2. The van der Waals surface area contributed by atoms with Gasteiger partial charge in [0.15, 0.2) is 0 Å². The number of benzene rings is 2. The largest absolute Gasteiger partial charge is 0.481 e. The molecule has 0 amide bonds. The number of carboxylic acids is 2. The summed E-state index contributed by atoms with van der Waals surface area (Å²) in [6.07, 6.45) is -0.458. The SMILES string of the molecule is O=C(O)Cc1ccc(CC(NS(=O)(=O)c2cc(F)cc(F)c2)C(=O)O)cc1. The predicted molar refractivity (Wildman–Crippen MR) is 89.6 cm³/mol.